The first-order valence-corrected chi connectivity index (χ1v) is 7.35. The largest absolute Gasteiger partial charge is 0.341 e. The highest BCUT2D eigenvalue weighted by atomic mass is 16.2. The smallest absolute Gasteiger partial charge is 0.321 e. The first-order chi connectivity index (χ1) is 10.8. The van der Waals surface area contributed by atoms with Crippen LogP contribution in [0.3, 0.4) is 0 Å². The molecule has 1 rings (SSSR count). The zero-order valence-electron chi connectivity index (χ0n) is 14.2. The molecule has 0 aliphatic carbocycles. The molecular formula is C16H24N4O3. The van der Waals surface area contributed by atoms with E-state index in [0.717, 1.165) is 16.8 Å². The molecule has 7 nitrogen and oxygen atoms in total. The Bertz CT molecular complexity index is 581. The van der Waals surface area contributed by atoms with E-state index in [2.05, 4.69) is 16.0 Å². The maximum Gasteiger partial charge on any atom is 0.321 e. The Kier molecular flexibility index (Phi) is 6.71. The molecular weight excluding hydrogens is 296 g/mol. The molecule has 1 unspecified atom stereocenters. The normalized spacial score (nSPS) is 11.7. The van der Waals surface area contributed by atoms with E-state index >= 15 is 0 Å². The lowest BCUT2D eigenvalue weighted by molar-refractivity contribution is -0.125. The van der Waals surface area contributed by atoms with Gasteiger partial charge in [0.15, 0.2) is 0 Å². The van der Waals surface area contributed by atoms with Crippen molar-refractivity contribution in [2.45, 2.75) is 26.8 Å². The predicted octanol–water partition coefficient (Wildman–Crippen LogP) is 1.02. The molecule has 0 heterocycles. The highest BCUT2D eigenvalue weighted by Crippen LogP contribution is 2.19. The summed E-state index contributed by atoms with van der Waals surface area (Å²) in [6.45, 7) is 5.51. The molecule has 0 radical (unpaired) electrons. The lowest BCUT2D eigenvalue weighted by atomic mass is 10.1. The van der Waals surface area contributed by atoms with Crippen LogP contribution in [0.15, 0.2) is 18.2 Å². The number of hydrogen-bond donors (Lipinski definition) is 3. The number of nitrogens with one attached hydrogen (secondary N) is 3. The Hall–Kier alpha value is -2.41. The van der Waals surface area contributed by atoms with Gasteiger partial charge in [-0.2, -0.15) is 0 Å². The Morgan fingerprint density at radius 3 is 2.26 bits per heavy atom. The zero-order valence-corrected chi connectivity index (χ0v) is 14.2. The zero-order chi connectivity index (χ0) is 17.6. The van der Waals surface area contributed by atoms with Crippen LogP contribution < -0.4 is 16.0 Å². The number of benzene rings is 1. The second kappa shape index (κ2) is 8.28. The number of anilines is 1. The molecule has 7 heteroatoms. The van der Waals surface area contributed by atoms with E-state index in [1.807, 2.05) is 32.0 Å². The Labute approximate surface area is 136 Å². The number of carbonyl (C=O) groups is 3. The molecule has 0 aromatic heterocycles. The Morgan fingerprint density at radius 2 is 1.74 bits per heavy atom. The van der Waals surface area contributed by atoms with Gasteiger partial charge in [0.2, 0.25) is 11.8 Å². The summed E-state index contributed by atoms with van der Waals surface area (Å²) in [4.78, 5) is 36.7. The van der Waals surface area contributed by atoms with Crippen LogP contribution in [0.1, 0.15) is 18.1 Å². The van der Waals surface area contributed by atoms with Crippen LogP contribution in [-0.4, -0.2) is 49.4 Å². The third-order valence-electron chi connectivity index (χ3n) is 3.64. The fourth-order valence-electron chi connectivity index (χ4n) is 2.03. The van der Waals surface area contributed by atoms with Gasteiger partial charge >= 0.3 is 6.03 Å². The lowest BCUT2D eigenvalue weighted by Gasteiger charge is -2.23. The summed E-state index contributed by atoms with van der Waals surface area (Å²) in [5, 5.41) is 7.36. The molecule has 3 N–H and O–H groups in total. The summed E-state index contributed by atoms with van der Waals surface area (Å²) in [6.07, 6.45) is 0. The number of likely N-dealkylation sites (N-methyl/N-ethyl adjacent to an activating group) is 1. The molecule has 0 bridgehead atoms. The van der Waals surface area contributed by atoms with Gasteiger partial charge in [-0.25, -0.2) is 4.79 Å². The summed E-state index contributed by atoms with van der Waals surface area (Å²) in [5.74, 6) is -0.684. The average Bonchev–Trinajstić information content (AvgIpc) is 2.49. The van der Waals surface area contributed by atoms with Gasteiger partial charge in [-0.3, -0.25) is 19.8 Å². The van der Waals surface area contributed by atoms with Crippen LogP contribution in [0.5, 0.6) is 0 Å². The van der Waals surface area contributed by atoms with Crippen LogP contribution in [0.4, 0.5) is 10.5 Å². The molecule has 0 aliphatic rings. The average molecular weight is 320 g/mol. The highest BCUT2D eigenvalue weighted by molar-refractivity contribution is 5.97. The fraction of sp³-hybridized carbons (Fsp3) is 0.438. The number of carbonyl (C=O) groups excluding carboxylic acids is 3. The molecule has 1 atom stereocenters. The molecule has 1 aromatic carbocycles. The van der Waals surface area contributed by atoms with Crippen LogP contribution in [0, 0.1) is 13.8 Å². The lowest BCUT2D eigenvalue weighted by Crippen LogP contribution is -2.49. The van der Waals surface area contributed by atoms with E-state index in [1.165, 1.54) is 7.05 Å². The van der Waals surface area contributed by atoms with Gasteiger partial charge in [0.25, 0.3) is 0 Å². The third-order valence-corrected chi connectivity index (χ3v) is 3.64. The first kappa shape index (κ1) is 18.6. The van der Waals surface area contributed by atoms with E-state index in [9.17, 15) is 14.4 Å². The number of imide groups is 1. The summed E-state index contributed by atoms with van der Waals surface area (Å²) in [7, 11) is 3.08. The standard InChI is InChI=1S/C16H24N4O3/c1-10-7-6-8-11(2)14(10)18-13(21)9-20(5)12(3)15(22)19-16(23)17-4/h6-8,12H,9H2,1-5H3,(H,18,21)(H2,17,19,22,23). The molecule has 126 valence electrons. The SMILES string of the molecule is CNC(=O)NC(=O)C(C)N(C)CC(=O)Nc1c(C)cccc1C. The number of aryl methyl sites for hydroxylation is 2. The fourth-order valence-corrected chi connectivity index (χ4v) is 2.03. The molecule has 0 fully saturated rings. The molecule has 23 heavy (non-hydrogen) atoms. The van der Waals surface area contributed by atoms with Crippen molar-refractivity contribution in [2.75, 3.05) is 26.0 Å². The van der Waals surface area contributed by atoms with Gasteiger partial charge < -0.3 is 10.6 Å². The topological polar surface area (TPSA) is 90.5 Å². The molecule has 4 amide bonds. The second-order valence-corrected chi connectivity index (χ2v) is 5.47. The minimum Gasteiger partial charge on any atom is -0.341 e. The predicted molar refractivity (Wildman–Crippen MR) is 89.2 cm³/mol. The van der Waals surface area contributed by atoms with Gasteiger partial charge in [-0.05, 0) is 38.9 Å². The number of rotatable bonds is 5. The number of urea groups is 1. The number of hydrogen-bond acceptors (Lipinski definition) is 4. The maximum atomic E-state index is 12.2. The minimum absolute atomic E-state index is 0.0378. The summed E-state index contributed by atoms with van der Waals surface area (Å²) in [5.41, 5.74) is 2.74. The van der Waals surface area contributed by atoms with Gasteiger partial charge in [-0.1, -0.05) is 18.2 Å². The quantitative estimate of drug-likeness (QED) is 0.755. The Morgan fingerprint density at radius 1 is 1.17 bits per heavy atom. The monoisotopic (exact) mass is 320 g/mol. The highest BCUT2D eigenvalue weighted by Gasteiger charge is 2.21. The maximum absolute atomic E-state index is 12.2. The van der Waals surface area contributed by atoms with E-state index in [4.69, 9.17) is 0 Å². The van der Waals surface area contributed by atoms with Crippen molar-refractivity contribution in [3.05, 3.63) is 29.3 Å². The van der Waals surface area contributed by atoms with E-state index in [0.29, 0.717) is 0 Å². The van der Waals surface area contributed by atoms with Gasteiger partial charge in [0, 0.05) is 12.7 Å². The summed E-state index contributed by atoms with van der Waals surface area (Å²) >= 11 is 0. The number of nitrogens with zero attached hydrogens (tertiary/aromatic N) is 1. The van der Waals surface area contributed by atoms with Gasteiger partial charge in [0.05, 0.1) is 12.6 Å². The third kappa shape index (κ3) is 5.37. The molecule has 1 aromatic rings. The minimum atomic E-state index is -0.615. The van der Waals surface area contributed by atoms with Crippen LogP contribution in [-0.2, 0) is 9.59 Å². The molecule has 0 saturated heterocycles. The Balaban J connectivity index is 2.63. The second-order valence-electron chi connectivity index (χ2n) is 5.47. The van der Waals surface area contributed by atoms with E-state index in [-0.39, 0.29) is 12.5 Å². The van der Waals surface area contributed by atoms with Crippen molar-refractivity contribution in [1.29, 1.82) is 0 Å². The van der Waals surface area contributed by atoms with Crippen LogP contribution in [0.2, 0.25) is 0 Å². The van der Waals surface area contributed by atoms with E-state index in [1.54, 1.807) is 18.9 Å². The van der Waals surface area contributed by atoms with Crippen molar-refractivity contribution < 1.29 is 14.4 Å². The molecule has 0 aliphatic heterocycles. The summed E-state index contributed by atoms with van der Waals surface area (Å²) < 4.78 is 0. The van der Waals surface area contributed by atoms with Crippen LogP contribution in [0.25, 0.3) is 0 Å². The van der Waals surface area contributed by atoms with Crippen LogP contribution >= 0.6 is 0 Å². The van der Waals surface area contributed by atoms with Crippen molar-refractivity contribution >= 4 is 23.5 Å². The summed E-state index contributed by atoms with van der Waals surface area (Å²) in [6, 6.07) is 4.58. The van der Waals surface area contributed by atoms with E-state index < -0.39 is 18.0 Å². The molecule has 0 saturated carbocycles. The van der Waals surface area contributed by atoms with Gasteiger partial charge in [0.1, 0.15) is 0 Å². The number of para-hydroxylation sites is 1. The number of amides is 4. The van der Waals surface area contributed by atoms with Crippen molar-refractivity contribution in [3.63, 3.8) is 0 Å². The first-order valence-electron chi connectivity index (χ1n) is 7.35. The van der Waals surface area contributed by atoms with Gasteiger partial charge in [-0.15, -0.1) is 0 Å². The van der Waals surface area contributed by atoms with Crippen molar-refractivity contribution in [2.24, 2.45) is 0 Å². The van der Waals surface area contributed by atoms with Crippen molar-refractivity contribution in [1.82, 2.24) is 15.5 Å². The molecule has 0 spiro atoms. The van der Waals surface area contributed by atoms with Crippen molar-refractivity contribution in [3.8, 4) is 0 Å².